The Morgan fingerprint density at radius 2 is 2.20 bits per heavy atom. The Hall–Kier alpha value is -1.49. The highest BCUT2D eigenvalue weighted by Gasteiger charge is 2.18. The van der Waals surface area contributed by atoms with Gasteiger partial charge in [0, 0.05) is 11.6 Å². The molecule has 0 bridgehead atoms. The summed E-state index contributed by atoms with van der Waals surface area (Å²) in [5.74, 6) is -0.300. The third-order valence-corrected chi connectivity index (χ3v) is 2.91. The van der Waals surface area contributed by atoms with Crippen LogP contribution in [0.1, 0.15) is 22.8 Å². The minimum atomic E-state index is -0.602. The van der Waals surface area contributed by atoms with Crippen molar-refractivity contribution in [2.24, 2.45) is 0 Å². The maximum Gasteiger partial charge on any atom is 0.284 e. The number of hydrogen-bond acceptors (Lipinski definition) is 4. The van der Waals surface area contributed by atoms with Crippen LogP contribution in [0.2, 0.25) is 0 Å². The number of ketones is 1. The number of Topliss-reactive ketones (excluding diaryl/α,β-unsaturated/α-hetero) is 1. The Balaban J connectivity index is 3.54. The molecular formula is C9H5IN2O3. The fourth-order valence-corrected chi connectivity index (χ4v) is 1.66. The largest absolute Gasteiger partial charge is 0.295 e. The molecule has 76 valence electrons. The SMILES string of the molecule is CC(=O)c1cc(C#N)c(I)c([N+](=O)[O-])c1. The Morgan fingerprint density at radius 3 is 2.60 bits per heavy atom. The normalized spacial score (nSPS) is 9.40. The predicted octanol–water partition coefficient (Wildman–Crippen LogP) is 2.27. The summed E-state index contributed by atoms with van der Waals surface area (Å²) < 4.78 is 0.255. The highest BCUT2D eigenvalue weighted by molar-refractivity contribution is 14.1. The lowest BCUT2D eigenvalue weighted by Crippen LogP contribution is -2.00. The second-order valence-electron chi connectivity index (χ2n) is 2.78. The summed E-state index contributed by atoms with van der Waals surface area (Å²) in [7, 11) is 0. The molecule has 1 aromatic rings. The first-order chi connectivity index (χ1) is 6.97. The van der Waals surface area contributed by atoms with E-state index in [1.807, 2.05) is 6.07 Å². The number of rotatable bonds is 2. The van der Waals surface area contributed by atoms with Crippen molar-refractivity contribution in [2.45, 2.75) is 6.92 Å². The van der Waals surface area contributed by atoms with E-state index in [-0.39, 0.29) is 26.2 Å². The third-order valence-electron chi connectivity index (χ3n) is 1.78. The zero-order valence-electron chi connectivity index (χ0n) is 7.65. The Labute approximate surface area is 99.0 Å². The van der Waals surface area contributed by atoms with Crippen LogP contribution in [0.15, 0.2) is 12.1 Å². The Bertz CT molecular complexity index is 491. The molecular weight excluding hydrogens is 311 g/mol. The first-order valence-electron chi connectivity index (χ1n) is 3.86. The van der Waals surface area contributed by atoms with E-state index in [0.717, 1.165) is 0 Å². The van der Waals surface area contributed by atoms with Gasteiger partial charge in [-0.2, -0.15) is 5.26 Å². The summed E-state index contributed by atoms with van der Waals surface area (Å²) in [6, 6.07) is 4.37. The van der Waals surface area contributed by atoms with Crippen LogP contribution in [-0.2, 0) is 0 Å². The molecule has 0 aliphatic heterocycles. The number of halogens is 1. The van der Waals surface area contributed by atoms with Crippen molar-refractivity contribution in [3.05, 3.63) is 36.9 Å². The summed E-state index contributed by atoms with van der Waals surface area (Å²) >= 11 is 1.72. The maximum absolute atomic E-state index is 11.1. The van der Waals surface area contributed by atoms with Gasteiger partial charge < -0.3 is 0 Å². The van der Waals surface area contributed by atoms with Crippen LogP contribution >= 0.6 is 22.6 Å². The second kappa shape index (κ2) is 4.35. The summed E-state index contributed by atoms with van der Waals surface area (Å²) in [5.41, 5.74) is 0.119. The van der Waals surface area contributed by atoms with Gasteiger partial charge in [-0.3, -0.25) is 14.9 Å². The Kier molecular flexibility index (Phi) is 3.36. The first-order valence-corrected chi connectivity index (χ1v) is 4.94. The molecule has 1 aromatic carbocycles. The number of nitro groups is 1. The van der Waals surface area contributed by atoms with Gasteiger partial charge in [-0.05, 0) is 35.6 Å². The number of benzene rings is 1. The van der Waals surface area contributed by atoms with Gasteiger partial charge in [0.25, 0.3) is 5.69 Å². The molecule has 0 radical (unpaired) electrons. The average Bonchev–Trinajstić information content (AvgIpc) is 2.17. The van der Waals surface area contributed by atoms with Crippen LogP contribution in [0.5, 0.6) is 0 Å². The van der Waals surface area contributed by atoms with Gasteiger partial charge in [0.15, 0.2) is 5.78 Å². The molecule has 0 spiro atoms. The summed E-state index contributed by atoms with van der Waals surface area (Å²) in [6.45, 7) is 1.30. The van der Waals surface area contributed by atoms with E-state index < -0.39 is 4.92 Å². The number of carbonyl (C=O) groups excluding carboxylic acids is 1. The smallest absolute Gasteiger partial charge is 0.284 e. The highest BCUT2D eigenvalue weighted by Crippen LogP contribution is 2.26. The van der Waals surface area contributed by atoms with Gasteiger partial charge >= 0.3 is 0 Å². The summed E-state index contributed by atoms with van der Waals surface area (Å²) in [4.78, 5) is 21.1. The number of hydrogen-bond donors (Lipinski definition) is 0. The lowest BCUT2D eigenvalue weighted by molar-refractivity contribution is -0.385. The zero-order valence-corrected chi connectivity index (χ0v) is 9.81. The molecule has 6 heteroatoms. The molecule has 15 heavy (non-hydrogen) atoms. The van der Waals surface area contributed by atoms with E-state index in [0.29, 0.717) is 0 Å². The molecule has 5 nitrogen and oxygen atoms in total. The molecule has 0 amide bonds. The van der Waals surface area contributed by atoms with Crippen molar-refractivity contribution in [3.8, 4) is 6.07 Å². The van der Waals surface area contributed by atoms with Crippen LogP contribution in [0.4, 0.5) is 5.69 Å². The molecule has 0 saturated carbocycles. The van der Waals surface area contributed by atoms with Crippen molar-refractivity contribution in [1.82, 2.24) is 0 Å². The fourth-order valence-electron chi connectivity index (χ4n) is 1.03. The van der Waals surface area contributed by atoms with E-state index in [4.69, 9.17) is 5.26 Å². The number of carbonyl (C=O) groups is 1. The van der Waals surface area contributed by atoms with E-state index in [2.05, 4.69) is 0 Å². The lowest BCUT2D eigenvalue weighted by Gasteiger charge is -2.00. The van der Waals surface area contributed by atoms with Gasteiger partial charge in [0.2, 0.25) is 0 Å². The van der Waals surface area contributed by atoms with Gasteiger partial charge in [0.1, 0.15) is 9.64 Å². The minimum absolute atomic E-state index is 0.148. The average molecular weight is 316 g/mol. The maximum atomic E-state index is 11.1. The van der Waals surface area contributed by atoms with Crippen LogP contribution in [0.25, 0.3) is 0 Å². The zero-order chi connectivity index (χ0) is 11.6. The van der Waals surface area contributed by atoms with Crippen molar-refractivity contribution in [2.75, 3.05) is 0 Å². The van der Waals surface area contributed by atoms with Crippen LogP contribution in [0, 0.1) is 25.0 Å². The van der Waals surface area contributed by atoms with Crippen LogP contribution in [-0.4, -0.2) is 10.7 Å². The number of nitro benzene ring substituents is 1. The van der Waals surface area contributed by atoms with E-state index in [1.165, 1.54) is 19.1 Å². The van der Waals surface area contributed by atoms with E-state index >= 15 is 0 Å². The molecule has 0 unspecified atom stereocenters. The highest BCUT2D eigenvalue weighted by atomic mass is 127. The molecule has 0 aromatic heterocycles. The summed E-state index contributed by atoms with van der Waals surface area (Å²) in [6.07, 6.45) is 0. The molecule has 0 saturated heterocycles. The molecule has 0 aliphatic rings. The van der Waals surface area contributed by atoms with E-state index in [1.54, 1.807) is 22.6 Å². The van der Waals surface area contributed by atoms with Crippen LogP contribution < -0.4 is 0 Å². The molecule has 0 N–H and O–H groups in total. The van der Waals surface area contributed by atoms with Crippen molar-refractivity contribution in [3.63, 3.8) is 0 Å². The third kappa shape index (κ3) is 2.30. The quantitative estimate of drug-likeness (QED) is 0.363. The van der Waals surface area contributed by atoms with Crippen molar-refractivity contribution >= 4 is 34.1 Å². The van der Waals surface area contributed by atoms with E-state index in [9.17, 15) is 14.9 Å². The van der Waals surface area contributed by atoms with Crippen LogP contribution in [0.3, 0.4) is 0 Å². The fraction of sp³-hybridized carbons (Fsp3) is 0.111. The minimum Gasteiger partial charge on any atom is -0.295 e. The van der Waals surface area contributed by atoms with Gasteiger partial charge in [0.05, 0.1) is 10.5 Å². The predicted molar refractivity (Wildman–Crippen MR) is 60.5 cm³/mol. The summed E-state index contributed by atoms with van der Waals surface area (Å²) in [5, 5.41) is 19.4. The Morgan fingerprint density at radius 1 is 1.60 bits per heavy atom. The van der Waals surface area contributed by atoms with Gasteiger partial charge in [-0.1, -0.05) is 0 Å². The standard InChI is InChI=1S/C9H5IN2O3/c1-5(13)6-2-7(4-11)9(10)8(3-6)12(14)15/h2-3H,1H3. The molecule has 0 aliphatic carbocycles. The monoisotopic (exact) mass is 316 g/mol. The molecule has 0 heterocycles. The molecule has 1 rings (SSSR count). The first kappa shape index (κ1) is 11.6. The van der Waals surface area contributed by atoms with Crippen molar-refractivity contribution < 1.29 is 9.72 Å². The molecule has 0 atom stereocenters. The molecule has 0 fully saturated rings. The lowest BCUT2D eigenvalue weighted by atomic mass is 10.1. The number of nitriles is 1. The van der Waals surface area contributed by atoms with Crippen molar-refractivity contribution in [1.29, 1.82) is 5.26 Å². The second-order valence-corrected chi connectivity index (χ2v) is 3.86. The number of nitrogens with zero attached hydrogens (tertiary/aromatic N) is 2. The topological polar surface area (TPSA) is 84.0 Å². The van der Waals surface area contributed by atoms with Gasteiger partial charge in [-0.25, -0.2) is 0 Å². The van der Waals surface area contributed by atoms with Gasteiger partial charge in [-0.15, -0.1) is 0 Å².